The van der Waals surface area contributed by atoms with Gasteiger partial charge in [-0.25, -0.2) is 4.39 Å². The molecule has 0 radical (unpaired) electrons. The number of anilines is 1. The third-order valence-corrected chi connectivity index (χ3v) is 11.9. The average Bonchev–Trinajstić information content (AvgIpc) is 3.53. The number of rotatable bonds is 8. The quantitative estimate of drug-likeness (QED) is 0.223. The Balaban J connectivity index is 1.49. The summed E-state index contributed by atoms with van der Waals surface area (Å²) in [5.41, 5.74) is 4.02. The molecule has 5 atom stereocenters. The fraction of sp³-hybridized carbons (Fsp3) is 0.605. The number of nitrogens with one attached hydrogen (secondary N) is 1. The van der Waals surface area contributed by atoms with Crippen LogP contribution in [0.5, 0.6) is 5.75 Å². The Hall–Kier alpha value is -2.30. The summed E-state index contributed by atoms with van der Waals surface area (Å²) in [6.45, 7) is 13.9. The number of amides is 1. The smallest absolute Gasteiger partial charge is 0.292 e. The number of nitrogens with zero attached hydrogens (tertiary/aromatic N) is 2. The lowest BCUT2D eigenvalue weighted by Crippen LogP contribution is -2.37. The Kier molecular flexibility index (Phi) is 13.5. The second kappa shape index (κ2) is 17.6. The third-order valence-electron chi connectivity index (χ3n) is 10.3. The number of carbonyl (C=O) groups excluding carboxylic acids is 1. The summed E-state index contributed by atoms with van der Waals surface area (Å²) >= 11 is 4.71. The van der Waals surface area contributed by atoms with Crippen molar-refractivity contribution in [3.63, 3.8) is 0 Å². The Morgan fingerprint density at radius 2 is 1.94 bits per heavy atom. The molecule has 5 rings (SSSR count). The first-order chi connectivity index (χ1) is 23.2. The zero-order chi connectivity index (χ0) is 34.2. The number of likely N-dealkylation sites (tertiary alicyclic amines) is 1. The van der Waals surface area contributed by atoms with Crippen LogP contribution < -0.4 is 14.4 Å². The molecular weight excluding hydrogens is 649 g/mol. The normalized spacial score (nSPS) is 27.1. The molecule has 1 saturated heterocycles. The number of allylic oxidation sites excluding steroid dienone is 1. The van der Waals surface area contributed by atoms with E-state index >= 15 is 4.39 Å². The van der Waals surface area contributed by atoms with Crippen molar-refractivity contribution >= 4 is 34.6 Å². The molecule has 2 aromatic carbocycles. The van der Waals surface area contributed by atoms with Crippen LogP contribution in [0, 0.1) is 11.7 Å². The molecule has 48 heavy (non-hydrogen) atoms. The summed E-state index contributed by atoms with van der Waals surface area (Å²) in [4.78, 5) is 18.1. The maximum absolute atomic E-state index is 15.4. The first-order valence-electron chi connectivity index (χ1n) is 17.9. The summed E-state index contributed by atoms with van der Waals surface area (Å²) < 4.78 is 44.5. The minimum Gasteiger partial charge on any atom is -0.593 e. The van der Waals surface area contributed by atoms with Gasteiger partial charge in [0, 0.05) is 37.5 Å². The standard InChI is InChI=1S/C38H53ClFN3O4S/c1-5-10-32-31(14-15-33(39)36(32)40)30-24-43-20-17-28(6-2)37(46-22-21-42-18-7-8-19-42)26(3)11-9-12-27(4)48(45)41-38(44)29-13-16-35(47-25-30)34(43)23-29/h11,13-16,23,27-28,30,37H,5-10,12,17-22,24-25H2,1-4H3,(H,41,44)/b26-11+. The van der Waals surface area contributed by atoms with Gasteiger partial charge >= 0.3 is 0 Å². The lowest BCUT2D eigenvalue weighted by molar-refractivity contribution is 0.0230. The maximum atomic E-state index is 15.4. The number of benzene rings is 2. The lowest BCUT2D eigenvalue weighted by Gasteiger charge is -2.33. The van der Waals surface area contributed by atoms with E-state index in [9.17, 15) is 9.35 Å². The molecule has 3 heterocycles. The number of hydrogen-bond donors (Lipinski definition) is 1. The molecule has 3 aliphatic rings. The Morgan fingerprint density at radius 3 is 2.69 bits per heavy atom. The summed E-state index contributed by atoms with van der Waals surface area (Å²) in [7, 11) is 0. The molecule has 1 fully saturated rings. The molecule has 2 bridgehead atoms. The summed E-state index contributed by atoms with van der Waals surface area (Å²) in [6.07, 6.45) is 9.39. The minimum absolute atomic E-state index is 0.0302. The number of halogens is 2. The molecule has 1 N–H and O–H groups in total. The van der Waals surface area contributed by atoms with E-state index in [0.717, 1.165) is 56.6 Å². The topological polar surface area (TPSA) is 77.1 Å². The molecule has 264 valence electrons. The van der Waals surface area contributed by atoms with Gasteiger partial charge in [-0.05, 0) is 106 Å². The molecule has 1 amide bonds. The van der Waals surface area contributed by atoms with Gasteiger partial charge in [0.1, 0.15) is 16.8 Å². The number of carbonyl (C=O) groups is 1. The van der Waals surface area contributed by atoms with Crippen molar-refractivity contribution in [3.8, 4) is 5.75 Å². The van der Waals surface area contributed by atoms with Crippen molar-refractivity contribution in [2.24, 2.45) is 5.92 Å². The van der Waals surface area contributed by atoms with Gasteiger partial charge in [0.05, 0.1) is 41.4 Å². The van der Waals surface area contributed by atoms with Gasteiger partial charge in [-0.15, -0.1) is 0 Å². The Labute approximate surface area is 294 Å². The van der Waals surface area contributed by atoms with E-state index in [1.807, 2.05) is 32.0 Å². The van der Waals surface area contributed by atoms with Gasteiger partial charge in [-0.3, -0.25) is 4.79 Å². The second-order valence-electron chi connectivity index (χ2n) is 13.7. The molecule has 10 heteroatoms. The fourth-order valence-electron chi connectivity index (χ4n) is 7.39. The minimum atomic E-state index is -1.53. The molecule has 2 aromatic rings. The summed E-state index contributed by atoms with van der Waals surface area (Å²) in [5, 5.41) is -0.0710. The zero-order valence-corrected chi connectivity index (χ0v) is 30.6. The number of ether oxygens (including phenoxy) is 2. The van der Waals surface area contributed by atoms with E-state index in [1.54, 1.807) is 12.1 Å². The molecule has 0 aliphatic carbocycles. The van der Waals surface area contributed by atoms with Crippen molar-refractivity contribution in [2.45, 2.75) is 96.3 Å². The summed E-state index contributed by atoms with van der Waals surface area (Å²) in [6, 6.07) is 9.01. The Morgan fingerprint density at radius 1 is 1.15 bits per heavy atom. The number of hydrogen-bond acceptors (Lipinski definition) is 6. The van der Waals surface area contributed by atoms with Crippen molar-refractivity contribution in [2.75, 3.05) is 50.8 Å². The first kappa shape index (κ1) is 37.0. The van der Waals surface area contributed by atoms with Gasteiger partial charge < -0.3 is 23.8 Å². The SMILES string of the molecule is CCCc1c(C2COc3ccc4cc3N(CCC(CC)C(OCCN3CCCC3)/C(C)=C/CCC(C)[S+]([O-])NC4=O)C2)ccc(Cl)c1F. The van der Waals surface area contributed by atoms with Gasteiger partial charge in [-0.1, -0.05) is 50.4 Å². The van der Waals surface area contributed by atoms with Gasteiger partial charge in [0.15, 0.2) is 0 Å². The second-order valence-corrected chi connectivity index (χ2v) is 15.7. The first-order valence-corrected chi connectivity index (χ1v) is 19.5. The van der Waals surface area contributed by atoms with Crippen LogP contribution in [0.25, 0.3) is 0 Å². The van der Waals surface area contributed by atoms with E-state index in [-0.39, 0.29) is 39.9 Å². The molecular formula is C38H53ClFN3O4S. The highest BCUT2D eigenvalue weighted by Crippen LogP contribution is 2.38. The predicted octanol–water partition coefficient (Wildman–Crippen LogP) is 7.83. The monoisotopic (exact) mass is 701 g/mol. The molecule has 3 aliphatic heterocycles. The van der Waals surface area contributed by atoms with Crippen LogP contribution >= 0.6 is 11.6 Å². The van der Waals surface area contributed by atoms with Crippen LogP contribution in [0.1, 0.15) is 100 Å². The summed E-state index contributed by atoms with van der Waals surface area (Å²) in [5.74, 6) is 0.106. The third kappa shape index (κ3) is 9.08. The highest BCUT2D eigenvalue weighted by Gasteiger charge is 2.31. The van der Waals surface area contributed by atoms with Crippen LogP contribution in [-0.4, -0.2) is 72.7 Å². The van der Waals surface area contributed by atoms with Gasteiger partial charge in [0.25, 0.3) is 5.91 Å². The lowest BCUT2D eigenvalue weighted by atomic mass is 9.89. The van der Waals surface area contributed by atoms with Crippen molar-refractivity contribution in [1.29, 1.82) is 0 Å². The van der Waals surface area contributed by atoms with Crippen LogP contribution in [0.15, 0.2) is 42.0 Å². The van der Waals surface area contributed by atoms with Crippen molar-refractivity contribution in [1.82, 2.24) is 9.62 Å². The van der Waals surface area contributed by atoms with Crippen LogP contribution in [0.2, 0.25) is 5.02 Å². The molecule has 0 aromatic heterocycles. The Bertz CT molecular complexity index is 1420. The van der Waals surface area contributed by atoms with Gasteiger partial charge in [0.2, 0.25) is 0 Å². The predicted molar refractivity (Wildman–Crippen MR) is 194 cm³/mol. The van der Waals surface area contributed by atoms with Crippen LogP contribution in [0.4, 0.5) is 10.1 Å². The molecule has 0 saturated carbocycles. The maximum Gasteiger partial charge on any atom is 0.292 e. The molecule has 0 spiro atoms. The van der Waals surface area contributed by atoms with Crippen molar-refractivity contribution in [3.05, 3.63) is 69.5 Å². The highest BCUT2D eigenvalue weighted by atomic mass is 35.5. The van der Waals surface area contributed by atoms with E-state index in [0.29, 0.717) is 56.0 Å². The van der Waals surface area contributed by atoms with E-state index < -0.39 is 11.4 Å². The van der Waals surface area contributed by atoms with E-state index in [2.05, 4.69) is 34.4 Å². The fourth-order valence-corrected chi connectivity index (χ4v) is 8.42. The van der Waals surface area contributed by atoms with Gasteiger partial charge in [-0.2, -0.15) is 4.72 Å². The molecule has 5 unspecified atom stereocenters. The van der Waals surface area contributed by atoms with Crippen molar-refractivity contribution < 1.29 is 23.2 Å². The number of fused-ring (bicyclic) bond motifs is 1. The van der Waals surface area contributed by atoms with Crippen LogP contribution in [0.3, 0.4) is 0 Å². The highest BCUT2D eigenvalue weighted by molar-refractivity contribution is 7.90. The van der Waals surface area contributed by atoms with E-state index in [4.69, 9.17) is 21.1 Å². The molecule has 7 nitrogen and oxygen atoms in total. The van der Waals surface area contributed by atoms with Crippen LogP contribution in [-0.2, 0) is 22.5 Å². The average molecular weight is 702 g/mol. The van der Waals surface area contributed by atoms with E-state index in [1.165, 1.54) is 18.4 Å². The zero-order valence-electron chi connectivity index (χ0n) is 29.1. The largest absolute Gasteiger partial charge is 0.593 e.